The van der Waals surface area contributed by atoms with Gasteiger partial charge in [-0.05, 0) is 27.7 Å². The topological polar surface area (TPSA) is 61.7 Å². The van der Waals surface area contributed by atoms with E-state index in [1.165, 1.54) is 0 Å². The molecule has 0 bridgehead atoms. The van der Waals surface area contributed by atoms with Gasteiger partial charge in [-0.1, -0.05) is 11.6 Å². The summed E-state index contributed by atoms with van der Waals surface area (Å²) in [5, 5.41) is 9.35. The maximum Gasteiger partial charge on any atom is 0.141 e. The van der Waals surface area contributed by atoms with Crippen LogP contribution in [0.3, 0.4) is 0 Å². The lowest BCUT2D eigenvalue weighted by atomic mass is 10.1. The van der Waals surface area contributed by atoms with Crippen molar-refractivity contribution < 1.29 is 0 Å². The van der Waals surface area contributed by atoms with Gasteiger partial charge in [0, 0.05) is 18.3 Å². The van der Waals surface area contributed by atoms with Crippen molar-refractivity contribution in [2.24, 2.45) is 7.05 Å². The highest BCUT2D eigenvalue weighted by molar-refractivity contribution is 6.33. The number of anilines is 1. The molecule has 0 aliphatic heterocycles. The Morgan fingerprint density at radius 2 is 1.78 bits per heavy atom. The van der Waals surface area contributed by atoms with E-state index in [0.717, 1.165) is 22.6 Å². The van der Waals surface area contributed by atoms with Crippen molar-refractivity contribution in [3.8, 4) is 0 Å². The molecule has 2 aromatic heterocycles. The number of aromatic nitrogens is 4. The minimum atomic E-state index is 0.0184. The zero-order valence-electron chi connectivity index (χ0n) is 11.3. The number of nitrogens with zero attached hydrogens (tertiary/aromatic N) is 4. The van der Waals surface area contributed by atoms with Gasteiger partial charge in [-0.25, -0.2) is 4.68 Å². The Morgan fingerprint density at radius 1 is 1.17 bits per heavy atom. The van der Waals surface area contributed by atoms with E-state index in [4.69, 9.17) is 17.3 Å². The first-order chi connectivity index (χ1) is 8.34. The molecule has 0 fully saturated rings. The van der Waals surface area contributed by atoms with Crippen molar-refractivity contribution >= 4 is 17.4 Å². The summed E-state index contributed by atoms with van der Waals surface area (Å²) in [5.41, 5.74) is 9.99. The third kappa shape index (κ3) is 1.79. The van der Waals surface area contributed by atoms with E-state index >= 15 is 0 Å². The molecule has 0 aliphatic carbocycles. The molecule has 2 aromatic rings. The van der Waals surface area contributed by atoms with Crippen LogP contribution in [0.1, 0.15) is 35.6 Å². The second kappa shape index (κ2) is 4.31. The number of nitrogen functional groups attached to an aromatic ring is 1. The van der Waals surface area contributed by atoms with Gasteiger partial charge in [-0.15, -0.1) is 0 Å². The summed E-state index contributed by atoms with van der Waals surface area (Å²) in [6, 6.07) is 0.0184. The molecule has 18 heavy (non-hydrogen) atoms. The van der Waals surface area contributed by atoms with Crippen LogP contribution in [0.15, 0.2) is 0 Å². The van der Waals surface area contributed by atoms with E-state index in [1.807, 2.05) is 32.5 Å². The van der Waals surface area contributed by atoms with Crippen LogP contribution < -0.4 is 5.73 Å². The SMILES string of the molecule is Cc1nn(C(C)c2c(C)nn(C)c2C)c(N)c1Cl. The third-order valence-electron chi connectivity index (χ3n) is 3.40. The largest absolute Gasteiger partial charge is 0.383 e. The van der Waals surface area contributed by atoms with Crippen LogP contribution in [-0.4, -0.2) is 19.6 Å². The minimum absolute atomic E-state index is 0.0184. The van der Waals surface area contributed by atoms with Gasteiger partial charge in [-0.2, -0.15) is 10.2 Å². The van der Waals surface area contributed by atoms with Crippen molar-refractivity contribution in [3.63, 3.8) is 0 Å². The van der Waals surface area contributed by atoms with Gasteiger partial charge in [-0.3, -0.25) is 4.68 Å². The van der Waals surface area contributed by atoms with Crippen LogP contribution in [-0.2, 0) is 7.05 Å². The molecule has 98 valence electrons. The Bertz CT molecular complexity index is 596. The molecule has 2 N–H and O–H groups in total. The maximum atomic E-state index is 6.09. The molecule has 0 radical (unpaired) electrons. The summed E-state index contributed by atoms with van der Waals surface area (Å²) in [6.45, 7) is 7.94. The van der Waals surface area contributed by atoms with Crippen molar-refractivity contribution in [1.29, 1.82) is 0 Å². The van der Waals surface area contributed by atoms with Gasteiger partial charge in [0.15, 0.2) is 0 Å². The predicted octanol–water partition coefficient (Wildman–Crippen LogP) is 2.39. The molecule has 0 aliphatic rings. The molecule has 0 spiro atoms. The molecule has 1 atom stereocenters. The van der Waals surface area contributed by atoms with Gasteiger partial charge >= 0.3 is 0 Å². The lowest BCUT2D eigenvalue weighted by Gasteiger charge is -2.14. The number of nitrogens with two attached hydrogens (primary N) is 1. The number of hydrogen-bond acceptors (Lipinski definition) is 3. The first-order valence-electron chi connectivity index (χ1n) is 5.84. The Morgan fingerprint density at radius 3 is 2.17 bits per heavy atom. The predicted molar refractivity (Wildman–Crippen MR) is 72.9 cm³/mol. The standard InChI is InChI=1S/C12H18ClN5/c1-6-10(8(3)17(5)15-6)9(4)18-12(14)11(13)7(2)16-18/h9H,14H2,1-5H3. The summed E-state index contributed by atoms with van der Waals surface area (Å²) in [5.74, 6) is 0.504. The smallest absolute Gasteiger partial charge is 0.141 e. The second-order valence-corrected chi connectivity index (χ2v) is 4.99. The molecule has 2 rings (SSSR count). The number of halogens is 1. The number of rotatable bonds is 2. The van der Waals surface area contributed by atoms with E-state index in [0.29, 0.717) is 10.8 Å². The maximum absolute atomic E-state index is 6.09. The van der Waals surface area contributed by atoms with E-state index < -0.39 is 0 Å². The molecular weight excluding hydrogens is 250 g/mol. The summed E-state index contributed by atoms with van der Waals surface area (Å²) in [7, 11) is 1.93. The van der Waals surface area contributed by atoms with Gasteiger partial charge in [0.2, 0.25) is 0 Å². The summed E-state index contributed by atoms with van der Waals surface area (Å²) in [6.07, 6.45) is 0. The minimum Gasteiger partial charge on any atom is -0.383 e. The van der Waals surface area contributed by atoms with Crippen LogP contribution in [0.25, 0.3) is 0 Å². The molecule has 0 saturated carbocycles. The molecule has 5 nitrogen and oxygen atoms in total. The zero-order valence-corrected chi connectivity index (χ0v) is 12.1. The average Bonchev–Trinajstić information content (AvgIpc) is 2.70. The highest BCUT2D eigenvalue weighted by atomic mass is 35.5. The van der Waals surface area contributed by atoms with Crippen molar-refractivity contribution in [2.75, 3.05) is 5.73 Å². The molecule has 2 heterocycles. The number of aryl methyl sites for hydroxylation is 3. The third-order valence-corrected chi connectivity index (χ3v) is 3.86. The molecule has 0 amide bonds. The van der Waals surface area contributed by atoms with E-state index in [-0.39, 0.29) is 6.04 Å². The fraction of sp³-hybridized carbons (Fsp3) is 0.500. The molecule has 0 saturated heterocycles. The lowest BCUT2D eigenvalue weighted by molar-refractivity contribution is 0.563. The van der Waals surface area contributed by atoms with Crippen LogP contribution >= 0.6 is 11.6 Å². The van der Waals surface area contributed by atoms with E-state index in [2.05, 4.69) is 17.1 Å². The van der Waals surface area contributed by atoms with Crippen molar-refractivity contribution in [2.45, 2.75) is 33.7 Å². The van der Waals surface area contributed by atoms with Crippen LogP contribution in [0.2, 0.25) is 5.02 Å². The lowest BCUT2D eigenvalue weighted by Crippen LogP contribution is -2.13. The molecule has 1 unspecified atom stereocenters. The Balaban J connectivity index is 2.54. The molecule has 6 heteroatoms. The highest BCUT2D eigenvalue weighted by Gasteiger charge is 2.22. The van der Waals surface area contributed by atoms with Gasteiger partial charge in [0.1, 0.15) is 10.8 Å². The Kier molecular flexibility index (Phi) is 3.11. The van der Waals surface area contributed by atoms with Crippen LogP contribution in [0.4, 0.5) is 5.82 Å². The summed E-state index contributed by atoms with van der Waals surface area (Å²) < 4.78 is 3.63. The second-order valence-electron chi connectivity index (χ2n) is 4.61. The summed E-state index contributed by atoms with van der Waals surface area (Å²) in [4.78, 5) is 0. The van der Waals surface area contributed by atoms with Gasteiger partial charge < -0.3 is 5.73 Å². The fourth-order valence-electron chi connectivity index (χ4n) is 2.36. The van der Waals surface area contributed by atoms with E-state index in [9.17, 15) is 0 Å². The highest BCUT2D eigenvalue weighted by Crippen LogP contribution is 2.30. The molecule has 0 aromatic carbocycles. The van der Waals surface area contributed by atoms with E-state index in [1.54, 1.807) is 4.68 Å². The summed E-state index contributed by atoms with van der Waals surface area (Å²) >= 11 is 6.09. The van der Waals surface area contributed by atoms with Gasteiger partial charge in [0.25, 0.3) is 0 Å². The first kappa shape index (κ1) is 13.0. The Labute approximate surface area is 112 Å². The average molecular weight is 268 g/mol. The Hall–Kier alpha value is -1.49. The molecular formula is C12H18ClN5. The first-order valence-corrected chi connectivity index (χ1v) is 6.22. The number of hydrogen-bond donors (Lipinski definition) is 1. The van der Waals surface area contributed by atoms with Crippen molar-refractivity contribution in [3.05, 3.63) is 27.7 Å². The van der Waals surface area contributed by atoms with Crippen molar-refractivity contribution in [1.82, 2.24) is 19.6 Å². The zero-order chi connectivity index (χ0) is 13.6. The van der Waals surface area contributed by atoms with Crippen LogP contribution in [0, 0.1) is 20.8 Å². The quantitative estimate of drug-likeness (QED) is 0.909. The fourth-order valence-corrected chi connectivity index (χ4v) is 2.48. The van der Waals surface area contributed by atoms with Crippen LogP contribution in [0.5, 0.6) is 0 Å². The van der Waals surface area contributed by atoms with Gasteiger partial charge in [0.05, 0.1) is 17.4 Å². The monoisotopic (exact) mass is 267 g/mol. The normalized spacial score (nSPS) is 13.0.